The van der Waals surface area contributed by atoms with E-state index in [9.17, 15) is 29.5 Å². The van der Waals surface area contributed by atoms with Gasteiger partial charge in [0.25, 0.3) is 5.69 Å². The molecule has 68 heavy (non-hydrogen) atoms. The number of aryl methyl sites for hydroxylation is 2. The quantitative estimate of drug-likeness (QED) is 0.0317. The van der Waals surface area contributed by atoms with Gasteiger partial charge in [0.05, 0.1) is 29.8 Å². The van der Waals surface area contributed by atoms with E-state index in [2.05, 4.69) is 26.2 Å². The van der Waals surface area contributed by atoms with Crippen LogP contribution in [0.4, 0.5) is 14.9 Å². The summed E-state index contributed by atoms with van der Waals surface area (Å²) >= 11 is 0. The number of non-ortho nitro benzene ring substituents is 1. The van der Waals surface area contributed by atoms with Crippen molar-refractivity contribution in [3.8, 4) is 17.2 Å². The number of aliphatic hydroxyl groups is 2. The number of fused-ring (bicyclic) bond motifs is 2. The van der Waals surface area contributed by atoms with Crippen LogP contribution in [-0.2, 0) is 27.5 Å². The summed E-state index contributed by atoms with van der Waals surface area (Å²) in [5.74, 6) is -1.22. The van der Waals surface area contributed by atoms with Gasteiger partial charge in [-0.25, -0.2) is 9.18 Å². The molecule has 0 saturated heterocycles. The van der Waals surface area contributed by atoms with Crippen molar-refractivity contribution in [3.05, 3.63) is 166 Å². The van der Waals surface area contributed by atoms with Gasteiger partial charge in [0.1, 0.15) is 35.7 Å². The summed E-state index contributed by atoms with van der Waals surface area (Å²) in [4.78, 5) is 33.4. The highest BCUT2D eigenvalue weighted by atomic mass is 19.1. The first-order valence-corrected chi connectivity index (χ1v) is 23.5. The fourth-order valence-corrected chi connectivity index (χ4v) is 9.92. The van der Waals surface area contributed by atoms with E-state index < -0.39 is 34.6 Å². The molecule has 2 aliphatic carbocycles. The van der Waals surface area contributed by atoms with Crippen molar-refractivity contribution in [1.29, 1.82) is 0 Å². The first-order chi connectivity index (χ1) is 33.0. The Kier molecular flexibility index (Phi) is 16.8. The summed E-state index contributed by atoms with van der Waals surface area (Å²) < 4.78 is 41.4. The molecule has 0 bridgehead atoms. The lowest BCUT2D eigenvalue weighted by Crippen LogP contribution is -2.70. The van der Waals surface area contributed by atoms with Gasteiger partial charge in [-0.05, 0) is 140 Å². The van der Waals surface area contributed by atoms with Crippen LogP contribution in [0.25, 0.3) is 0 Å². The van der Waals surface area contributed by atoms with Gasteiger partial charge in [-0.3, -0.25) is 15.0 Å². The number of amides is 1. The van der Waals surface area contributed by atoms with Crippen LogP contribution in [-0.4, -0.2) is 70.1 Å². The van der Waals surface area contributed by atoms with E-state index in [1.165, 1.54) is 24.3 Å². The third-order valence-corrected chi connectivity index (χ3v) is 13.3. The van der Waals surface area contributed by atoms with Gasteiger partial charge in [0.2, 0.25) is 5.79 Å². The smallest absolute Gasteiger partial charge is 0.410 e. The van der Waals surface area contributed by atoms with Gasteiger partial charge >= 0.3 is 6.09 Å². The number of allylic oxidation sites excluding steroid dienone is 1. The molecule has 0 unspecified atom stereocenters. The predicted octanol–water partition coefficient (Wildman–Crippen LogP) is 11.2. The number of nitro benzene ring substituents is 1. The van der Waals surface area contributed by atoms with E-state index in [1.54, 1.807) is 41.3 Å². The van der Waals surface area contributed by atoms with Crippen LogP contribution in [0.15, 0.2) is 127 Å². The number of halogens is 1. The molecule has 3 aliphatic rings. The van der Waals surface area contributed by atoms with Gasteiger partial charge in [0, 0.05) is 49.8 Å². The fourth-order valence-electron chi connectivity index (χ4n) is 9.92. The molecule has 7 rings (SSSR count). The maximum atomic E-state index is 14.7. The average molecular weight is 932 g/mol. The van der Waals surface area contributed by atoms with Crippen LogP contribution in [0.1, 0.15) is 85.1 Å². The molecule has 360 valence electrons. The standard InChI is InChI=1S/C54H62FN3O10/c1-5-7-29-64-53(61)57(34-38-15-19-41(55)20-16-38)50-33-48(56-66-35-39-17-21-42(22-18-39)58(62)63)46-31-40(12-8-10-26-59)45(13-9-11-27-60)51-47-32-44(67-43-23-14-36(3)37(4)30-43)24-25-49(47)68-54(50,52(46)51)65-28-6-2/h5-6,14-25,30-32,40,45,50-52,59-60H,1-2,7-13,26-29,33-35H2,3-4H3/t40-,45+,50-,51+,52+,54+/m0/s1. The molecule has 1 amide bonds. The minimum atomic E-state index is -1.59. The Labute approximate surface area is 397 Å². The van der Waals surface area contributed by atoms with Gasteiger partial charge in [0.15, 0.2) is 0 Å². The molecule has 0 spiro atoms. The van der Waals surface area contributed by atoms with Crippen LogP contribution >= 0.6 is 0 Å². The highest BCUT2D eigenvalue weighted by Crippen LogP contribution is 2.62. The number of oxime groups is 1. The largest absolute Gasteiger partial charge is 0.459 e. The Morgan fingerprint density at radius 1 is 0.926 bits per heavy atom. The minimum Gasteiger partial charge on any atom is -0.459 e. The van der Waals surface area contributed by atoms with Crippen LogP contribution in [0, 0.1) is 47.5 Å². The molecule has 1 saturated carbocycles. The van der Waals surface area contributed by atoms with Crippen LogP contribution in [0.3, 0.4) is 0 Å². The van der Waals surface area contributed by atoms with E-state index in [0.29, 0.717) is 53.3 Å². The first kappa shape index (κ1) is 49.6. The van der Waals surface area contributed by atoms with E-state index in [0.717, 1.165) is 47.9 Å². The second-order valence-electron chi connectivity index (χ2n) is 17.8. The number of hydrogen-bond donors (Lipinski definition) is 2. The highest BCUT2D eigenvalue weighted by molar-refractivity contribution is 6.03. The Bertz CT molecular complexity index is 2460. The number of carbonyl (C=O) groups is 1. The third-order valence-electron chi connectivity index (χ3n) is 13.3. The molecule has 6 atom stereocenters. The van der Waals surface area contributed by atoms with Crippen molar-refractivity contribution in [3.63, 3.8) is 0 Å². The SMILES string of the molecule is C=CCCOC(=O)N(Cc1ccc(F)cc1)[C@H]1CC(=NOCc2ccc([N+](=O)[O-])cc2)C2=C[C@H](CCCCO)[C@@H](CCCCO)[C@@H]3c4cc(Oc5ccc(C)c(C)c5)ccc4O[C@@]1(OCC=C)[C@H]23. The maximum absolute atomic E-state index is 14.7. The number of rotatable bonds is 23. The highest BCUT2D eigenvalue weighted by Gasteiger charge is 2.65. The maximum Gasteiger partial charge on any atom is 0.410 e. The van der Waals surface area contributed by atoms with E-state index in [4.69, 9.17) is 28.9 Å². The van der Waals surface area contributed by atoms with Gasteiger partial charge in [-0.2, -0.15) is 0 Å². The Hall–Kier alpha value is -6.35. The molecular formula is C54H62FN3O10. The number of aliphatic hydroxyl groups excluding tert-OH is 2. The van der Waals surface area contributed by atoms with Gasteiger partial charge in [-0.1, -0.05) is 54.4 Å². The van der Waals surface area contributed by atoms with Crippen LogP contribution in [0.2, 0.25) is 0 Å². The summed E-state index contributed by atoms with van der Waals surface area (Å²) in [5, 5.41) is 36.3. The summed E-state index contributed by atoms with van der Waals surface area (Å²) in [7, 11) is 0. The number of nitro groups is 1. The Morgan fingerprint density at radius 2 is 1.63 bits per heavy atom. The molecule has 1 heterocycles. The zero-order valence-corrected chi connectivity index (χ0v) is 38.9. The second kappa shape index (κ2) is 23.1. The molecule has 2 N–H and O–H groups in total. The molecule has 0 radical (unpaired) electrons. The Balaban J connectivity index is 1.45. The van der Waals surface area contributed by atoms with Crippen molar-refractivity contribution in [2.45, 2.75) is 96.1 Å². The zero-order valence-electron chi connectivity index (χ0n) is 38.9. The minimum absolute atomic E-state index is 0.00321. The lowest BCUT2D eigenvalue weighted by molar-refractivity contribution is -0.384. The lowest BCUT2D eigenvalue weighted by Gasteiger charge is -2.59. The molecule has 1 fully saturated rings. The van der Waals surface area contributed by atoms with Crippen LogP contribution < -0.4 is 9.47 Å². The molecule has 14 heteroatoms. The second-order valence-corrected chi connectivity index (χ2v) is 17.8. The van der Waals surface area contributed by atoms with Crippen molar-refractivity contribution in [2.75, 3.05) is 26.4 Å². The predicted molar refractivity (Wildman–Crippen MR) is 257 cm³/mol. The number of carbonyl (C=O) groups excluding carboxylic acids is 1. The summed E-state index contributed by atoms with van der Waals surface area (Å²) in [5.41, 5.74) is 5.72. The summed E-state index contributed by atoms with van der Waals surface area (Å²) in [6.07, 6.45) is 9.56. The topological polar surface area (TPSA) is 162 Å². The molecule has 4 aromatic carbocycles. The monoisotopic (exact) mass is 931 g/mol. The Morgan fingerprint density at radius 3 is 2.32 bits per heavy atom. The van der Waals surface area contributed by atoms with Gasteiger partial charge < -0.3 is 34.0 Å². The number of hydrogen-bond acceptors (Lipinski definition) is 11. The van der Waals surface area contributed by atoms with Crippen molar-refractivity contribution >= 4 is 17.5 Å². The first-order valence-electron chi connectivity index (χ1n) is 23.5. The summed E-state index contributed by atoms with van der Waals surface area (Å²) in [6, 6.07) is 22.8. The van der Waals surface area contributed by atoms with Crippen molar-refractivity contribution in [2.24, 2.45) is 22.9 Å². The zero-order chi connectivity index (χ0) is 48.2. The van der Waals surface area contributed by atoms with Crippen molar-refractivity contribution in [1.82, 2.24) is 4.90 Å². The van der Waals surface area contributed by atoms with E-state index >= 15 is 0 Å². The van der Waals surface area contributed by atoms with E-state index in [1.807, 2.05) is 43.3 Å². The molecule has 13 nitrogen and oxygen atoms in total. The lowest BCUT2D eigenvalue weighted by atomic mass is 9.55. The average Bonchev–Trinajstić information content (AvgIpc) is 3.33. The molecule has 4 aromatic rings. The fraction of sp³-hybridized carbons (Fsp3) is 0.407. The number of unbranched alkanes of at least 4 members (excludes halogenated alkanes) is 2. The number of benzene rings is 4. The van der Waals surface area contributed by atoms with Gasteiger partial charge in [-0.15, -0.1) is 13.2 Å². The van der Waals surface area contributed by atoms with Crippen LogP contribution in [0.5, 0.6) is 17.2 Å². The van der Waals surface area contributed by atoms with Crippen molar-refractivity contribution < 1.29 is 48.1 Å². The van der Waals surface area contributed by atoms with E-state index in [-0.39, 0.29) is 69.4 Å². The molecular weight excluding hydrogens is 870 g/mol. The number of ether oxygens (including phenoxy) is 4. The normalized spacial score (nSPS) is 21.9. The summed E-state index contributed by atoms with van der Waals surface area (Å²) in [6.45, 7) is 12.1. The third kappa shape index (κ3) is 11.3. The number of nitrogens with zero attached hydrogens (tertiary/aromatic N) is 3. The molecule has 1 aliphatic heterocycles. The molecule has 0 aromatic heterocycles.